The highest BCUT2D eigenvalue weighted by molar-refractivity contribution is 5.31. The highest BCUT2D eigenvalue weighted by atomic mass is 16.5. The normalized spacial score (nSPS) is 25.5. The summed E-state index contributed by atoms with van der Waals surface area (Å²) in [6.45, 7) is 2.70. The molecule has 2 unspecified atom stereocenters. The van der Waals surface area contributed by atoms with E-state index in [1.54, 1.807) is 0 Å². The van der Waals surface area contributed by atoms with Gasteiger partial charge >= 0.3 is 0 Å². The Hall–Kier alpha value is -1.02. The van der Waals surface area contributed by atoms with Crippen LogP contribution in [0.4, 0.5) is 0 Å². The number of aliphatic hydroxyl groups is 1. The topological polar surface area (TPSA) is 29.5 Å². The molecule has 2 heteroatoms. The lowest BCUT2D eigenvalue weighted by molar-refractivity contribution is 0.181. The Morgan fingerprint density at radius 2 is 2.27 bits per heavy atom. The van der Waals surface area contributed by atoms with Crippen molar-refractivity contribution >= 4 is 0 Å². The van der Waals surface area contributed by atoms with Crippen molar-refractivity contribution in [2.24, 2.45) is 0 Å². The summed E-state index contributed by atoms with van der Waals surface area (Å²) in [5.74, 6) is 1.46. The van der Waals surface area contributed by atoms with Crippen LogP contribution in [0.1, 0.15) is 37.7 Å². The van der Waals surface area contributed by atoms with Crippen LogP contribution in [0.2, 0.25) is 0 Å². The van der Waals surface area contributed by atoms with Crippen molar-refractivity contribution in [2.75, 3.05) is 6.61 Å². The fourth-order valence-electron chi connectivity index (χ4n) is 2.29. The molecule has 1 N–H and O–H groups in total. The lowest BCUT2D eigenvalue weighted by Gasteiger charge is -2.11. The summed E-state index contributed by atoms with van der Waals surface area (Å²) in [6.07, 6.45) is 2.82. The van der Waals surface area contributed by atoms with E-state index in [1.807, 2.05) is 19.1 Å². The summed E-state index contributed by atoms with van der Waals surface area (Å²) in [5, 5.41) is 9.50. The summed E-state index contributed by atoms with van der Waals surface area (Å²) >= 11 is 0. The zero-order chi connectivity index (χ0) is 10.7. The maximum Gasteiger partial charge on any atom is 0.119 e. The molecule has 0 heterocycles. The van der Waals surface area contributed by atoms with Crippen LogP contribution in [0, 0.1) is 0 Å². The van der Waals surface area contributed by atoms with Gasteiger partial charge in [-0.15, -0.1) is 0 Å². The molecule has 0 amide bonds. The number of hydrogen-bond donors (Lipinski definition) is 1. The molecule has 1 fully saturated rings. The van der Waals surface area contributed by atoms with Gasteiger partial charge in [-0.3, -0.25) is 0 Å². The van der Waals surface area contributed by atoms with Gasteiger partial charge in [-0.05, 0) is 49.8 Å². The second-order valence-corrected chi connectivity index (χ2v) is 4.17. The van der Waals surface area contributed by atoms with Crippen molar-refractivity contribution in [1.29, 1.82) is 0 Å². The van der Waals surface area contributed by atoms with E-state index in [0.29, 0.717) is 12.5 Å². The number of rotatable bonds is 3. The Morgan fingerprint density at radius 3 is 2.93 bits per heavy atom. The molecule has 1 saturated carbocycles. The van der Waals surface area contributed by atoms with Crippen LogP contribution in [-0.4, -0.2) is 17.8 Å². The van der Waals surface area contributed by atoms with E-state index in [9.17, 15) is 5.11 Å². The average molecular weight is 206 g/mol. The Labute approximate surface area is 90.9 Å². The minimum absolute atomic E-state index is 0.106. The first-order chi connectivity index (χ1) is 7.29. The van der Waals surface area contributed by atoms with Crippen molar-refractivity contribution in [3.8, 4) is 5.75 Å². The third kappa shape index (κ3) is 2.51. The maximum absolute atomic E-state index is 9.50. The van der Waals surface area contributed by atoms with Crippen LogP contribution in [0.5, 0.6) is 5.75 Å². The molecule has 1 aromatic rings. The first-order valence-electron chi connectivity index (χ1n) is 5.70. The van der Waals surface area contributed by atoms with Crippen molar-refractivity contribution in [1.82, 2.24) is 0 Å². The monoisotopic (exact) mass is 206 g/mol. The third-order valence-electron chi connectivity index (χ3n) is 3.05. The zero-order valence-electron chi connectivity index (χ0n) is 9.15. The highest BCUT2D eigenvalue weighted by Gasteiger charge is 2.24. The predicted molar refractivity (Wildman–Crippen MR) is 60.2 cm³/mol. The number of ether oxygens (including phenoxy) is 1. The summed E-state index contributed by atoms with van der Waals surface area (Å²) in [6, 6.07) is 8.25. The molecule has 1 aromatic carbocycles. The molecule has 0 saturated heterocycles. The largest absolute Gasteiger partial charge is 0.494 e. The van der Waals surface area contributed by atoms with Crippen LogP contribution in [0.25, 0.3) is 0 Å². The Morgan fingerprint density at radius 1 is 1.40 bits per heavy atom. The number of aliphatic hydroxyl groups excluding tert-OH is 1. The Balaban J connectivity index is 2.10. The Kier molecular flexibility index (Phi) is 3.27. The van der Waals surface area contributed by atoms with Crippen molar-refractivity contribution < 1.29 is 9.84 Å². The van der Waals surface area contributed by atoms with Crippen LogP contribution in [0.15, 0.2) is 24.3 Å². The SMILES string of the molecule is CCOc1cccc(C2CCC(O)C2)c1. The van der Waals surface area contributed by atoms with Gasteiger partial charge in [-0.25, -0.2) is 0 Å². The number of benzene rings is 1. The minimum Gasteiger partial charge on any atom is -0.494 e. The van der Waals surface area contributed by atoms with E-state index in [0.717, 1.165) is 25.0 Å². The molecule has 0 spiro atoms. The van der Waals surface area contributed by atoms with Gasteiger partial charge in [0.2, 0.25) is 0 Å². The van der Waals surface area contributed by atoms with Gasteiger partial charge < -0.3 is 9.84 Å². The molecule has 2 atom stereocenters. The predicted octanol–water partition coefficient (Wildman–Crippen LogP) is 2.71. The van der Waals surface area contributed by atoms with E-state index in [2.05, 4.69) is 12.1 Å². The molecule has 1 aliphatic carbocycles. The van der Waals surface area contributed by atoms with Crippen molar-refractivity contribution in [2.45, 2.75) is 38.2 Å². The summed E-state index contributed by atoms with van der Waals surface area (Å²) in [5.41, 5.74) is 1.30. The summed E-state index contributed by atoms with van der Waals surface area (Å²) in [4.78, 5) is 0. The second kappa shape index (κ2) is 4.67. The fraction of sp³-hybridized carbons (Fsp3) is 0.538. The van der Waals surface area contributed by atoms with E-state index in [4.69, 9.17) is 4.74 Å². The van der Waals surface area contributed by atoms with Gasteiger partial charge in [-0.1, -0.05) is 12.1 Å². The molecule has 15 heavy (non-hydrogen) atoms. The first-order valence-corrected chi connectivity index (χ1v) is 5.70. The molecular weight excluding hydrogens is 188 g/mol. The first kappa shape index (κ1) is 10.5. The molecule has 0 bridgehead atoms. The maximum atomic E-state index is 9.50. The van der Waals surface area contributed by atoms with Crippen LogP contribution < -0.4 is 4.74 Å². The molecule has 0 aromatic heterocycles. The summed E-state index contributed by atoms with van der Waals surface area (Å²) < 4.78 is 5.47. The molecule has 2 nitrogen and oxygen atoms in total. The molecular formula is C13H18O2. The van der Waals surface area contributed by atoms with Gasteiger partial charge in [0.25, 0.3) is 0 Å². The van der Waals surface area contributed by atoms with Crippen LogP contribution >= 0.6 is 0 Å². The zero-order valence-corrected chi connectivity index (χ0v) is 9.15. The highest BCUT2D eigenvalue weighted by Crippen LogP contribution is 2.35. The molecule has 82 valence electrons. The molecule has 0 radical (unpaired) electrons. The quantitative estimate of drug-likeness (QED) is 0.824. The fourth-order valence-corrected chi connectivity index (χ4v) is 2.29. The van der Waals surface area contributed by atoms with Crippen molar-refractivity contribution in [3.63, 3.8) is 0 Å². The third-order valence-corrected chi connectivity index (χ3v) is 3.05. The van der Waals surface area contributed by atoms with Gasteiger partial charge in [0.05, 0.1) is 12.7 Å². The average Bonchev–Trinajstić information content (AvgIpc) is 2.66. The standard InChI is InChI=1S/C13H18O2/c1-2-15-13-5-3-4-10(9-13)11-6-7-12(14)8-11/h3-5,9,11-12,14H,2,6-8H2,1H3. The second-order valence-electron chi connectivity index (χ2n) is 4.17. The van der Waals surface area contributed by atoms with Crippen LogP contribution in [-0.2, 0) is 0 Å². The molecule has 1 aliphatic rings. The molecule has 0 aliphatic heterocycles. The van der Waals surface area contributed by atoms with Gasteiger partial charge in [0.1, 0.15) is 5.75 Å². The van der Waals surface area contributed by atoms with E-state index >= 15 is 0 Å². The van der Waals surface area contributed by atoms with E-state index in [-0.39, 0.29) is 6.10 Å². The lowest BCUT2D eigenvalue weighted by atomic mass is 9.97. The molecule has 2 rings (SSSR count). The van der Waals surface area contributed by atoms with E-state index in [1.165, 1.54) is 5.56 Å². The van der Waals surface area contributed by atoms with Gasteiger partial charge in [0.15, 0.2) is 0 Å². The lowest BCUT2D eigenvalue weighted by Crippen LogP contribution is -2.00. The smallest absolute Gasteiger partial charge is 0.119 e. The van der Waals surface area contributed by atoms with Crippen molar-refractivity contribution in [3.05, 3.63) is 29.8 Å². The number of hydrogen-bond acceptors (Lipinski definition) is 2. The summed E-state index contributed by atoms with van der Waals surface area (Å²) in [7, 11) is 0. The van der Waals surface area contributed by atoms with E-state index < -0.39 is 0 Å². The van der Waals surface area contributed by atoms with Gasteiger partial charge in [0, 0.05) is 0 Å². The van der Waals surface area contributed by atoms with Crippen LogP contribution in [0.3, 0.4) is 0 Å². The minimum atomic E-state index is -0.106. The Bertz CT molecular complexity index is 322. The van der Waals surface area contributed by atoms with Gasteiger partial charge in [-0.2, -0.15) is 0 Å².